The van der Waals surface area contributed by atoms with Crippen molar-refractivity contribution in [3.8, 4) is 0 Å². The first-order valence-corrected chi connectivity index (χ1v) is 7.53. The van der Waals surface area contributed by atoms with Crippen LogP contribution in [0.1, 0.15) is 6.92 Å². The van der Waals surface area contributed by atoms with E-state index in [1.54, 1.807) is 12.1 Å². The molecule has 8 heteroatoms. The molecule has 0 bridgehead atoms. The number of hydrogen-bond acceptors (Lipinski definition) is 5. The summed E-state index contributed by atoms with van der Waals surface area (Å²) in [5.74, 6) is 0.540. The van der Waals surface area contributed by atoms with Gasteiger partial charge in [0, 0.05) is 18.1 Å². The first-order valence-electron chi connectivity index (χ1n) is 5.54. The van der Waals surface area contributed by atoms with Crippen molar-refractivity contribution in [2.24, 2.45) is 5.14 Å². The quantitative estimate of drug-likeness (QED) is 0.888. The summed E-state index contributed by atoms with van der Waals surface area (Å²) in [5, 5.41) is 8.61. The van der Waals surface area contributed by atoms with Gasteiger partial charge in [-0.15, -0.1) is 0 Å². The lowest BCUT2D eigenvalue weighted by Gasteiger charge is -2.11. The summed E-state index contributed by atoms with van der Waals surface area (Å²) < 4.78 is 22.2. The van der Waals surface area contributed by atoms with Crippen molar-refractivity contribution in [1.29, 1.82) is 0 Å². The fourth-order valence-corrected chi connectivity index (χ4v) is 1.93. The molecule has 0 aromatic carbocycles. The van der Waals surface area contributed by atoms with Gasteiger partial charge in [0.2, 0.25) is 10.0 Å². The molecule has 0 spiro atoms. The first kappa shape index (κ1) is 14.0. The van der Waals surface area contributed by atoms with Crippen LogP contribution in [0.15, 0.2) is 24.4 Å². The van der Waals surface area contributed by atoms with Crippen molar-refractivity contribution >= 4 is 38.5 Å². The van der Waals surface area contributed by atoms with Crippen molar-refractivity contribution in [3.63, 3.8) is 0 Å². The minimum Gasteiger partial charge on any atom is -0.369 e. The van der Waals surface area contributed by atoms with Gasteiger partial charge in [-0.3, -0.25) is 0 Å². The molecule has 0 aliphatic rings. The number of halogens is 1. The molecule has 19 heavy (non-hydrogen) atoms. The third-order valence-electron chi connectivity index (χ3n) is 2.64. The van der Waals surface area contributed by atoms with Crippen molar-refractivity contribution in [3.05, 3.63) is 29.4 Å². The Labute approximate surface area is 116 Å². The van der Waals surface area contributed by atoms with Gasteiger partial charge in [0.15, 0.2) is 5.65 Å². The fraction of sp³-hybridized carbons (Fsp3) is 0.273. The van der Waals surface area contributed by atoms with Crippen molar-refractivity contribution < 1.29 is 8.42 Å². The SMILES string of the molecule is CC(CNc1ccc2cc(Cl)cnc2n1)S(N)(=O)=O. The van der Waals surface area contributed by atoms with Gasteiger partial charge in [-0.1, -0.05) is 11.6 Å². The zero-order chi connectivity index (χ0) is 14.0. The third-order valence-corrected chi connectivity index (χ3v) is 4.14. The van der Waals surface area contributed by atoms with E-state index in [-0.39, 0.29) is 6.54 Å². The molecule has 3 N–H and O–H groups in total. The lowest BCUT2D eigenvalue weighted by Crippen LogP contribution is -2.31. The zero-order valence-corrected chi connectivity index (χ0v) is 11.7. The highest BCUT2D eigenvalue weighted by atomic mass is 35.5. The number of pyridine rings is 2. The molecule has 2 aromatic heterocycles. The van der Waals surface area contributed by atoms with Crippen molar-refractivity contribution in [1.82, 2.24) is 9.97 Å². The molecule has 2 rings (SSSR count). The smallest absolute Gasteiger partial charge is 0.213 e. The molecular formula is C11H13ClN4O2S. The fourth-order valence-electron chi connectivity index (χ4n) is 1.45. The number of aromatic nitrogens is 2. The Kier molecular flexibility index (Phi) is 3.88. The van der Waals surface area contributed by atoms with E-state index in [1.165, 1.54) is 13.1 Å². The minimum absolute atomic E-state index is 0.185. The van der Waals surface area contributed by atoms with Crippen LogP contribution in [0.4, 0.5) is 5.82 Å². The lowest BCUT2D eigenvalue weighted by molar-refractivity contribution is 0.587. The Morgan fingerprint density at radius 3 is 2.89 bits per heavy atom. The standard InChI is InChI=1S/C11H13ClN4O2S/c1-7(19(13,17)18)5-14-10-3-2-8-4-9(12)6-15-11(8)16-10/h2-4,6-7H,5H2,1H3,(H2,13,17,18)(H,14,15,16). The molecule has 2 aromatic rings. The lowest BCUT2D eigenvalue weighted by atomic mass is 10.3. The van der Waals surface area contributed by atoms with E-state index in [2.05, 4.69) is 15.3 Å². The Morgan fingerprint density at radius 1 is 1.47 bits per heavy atom. The normalized spacial score (nSPS) is 13.4. The number of hydrogen-bond donors (Lipinski definition) is 2. The van der Waals surface area contributed by atoms with Gasteiger partial charge in [0.25, 0.3) is 0 Å². The topological polar surface area (TPSA) is 98.0 Å². The van der Waals surface area contributed by atoms with Crippen LogP contribution in [-0.2, 0) is 10.0 Å². The van der Waals surface area contributed by atoms with E-state index in [0.717, 1.165) is 5.39 Å². The Morgan fingerprint density at radius 2 is 2.21 bits per heavy atom. The van der Waals surface area contributed by atoms with Crippen LogP contribution in [0.5, 0.6) is 0 Å². The molecule has 0 fully saturated rings. The minimum atomic E-state index is -3.54. The van der Waals surface area contributed by atoms with Gasteiger partial charge in [-0.25, -0.2) is 23.5 Å². The first-order chi connectivity index (χ1) is 8.86. The molecule has 0 aliphatic carbocycles. The summed E-state index contributed by atoms with van der Waals surface area (Å²) >= 11 is 5.82. The number of fused-ring (bicyclic) bond motifs is 1. The highest BCUT2D eigenvalue weighted by Gasteiger charge is 2.15. The number of nitrogens with zero attached hydrogens (tertiary/aromatic N) is 2. The summed E-state index contributed by atoms with van der Waals surface area (Å²) in [6.45, 7) is 1.71. The number of sulfonamides is 1. The van der Waals surface area contributed by atoms with E-state index in [1.807, 2.05) is 6.07 Å². The Balaban J connectivity index is 2.16. The van der Waals surface area contributed by atoms with E-state index in [4.69, 9.17) is 16.7 Å². The van der Waals surface area contributed by atoms with Crippen molar-refractivity contribution in [2.75, 3.05) is 11.9 Å². The van der Waals surface area contributed by atoms with Gasteiger partial charge in [0.05, 0.1) is 10.3 Å². The van der Waals surface area contributed by atoms with E-state index >= 15 is 0 Å². The third kappa shape index (κ3) is 3.52. The maximum Gasteiger partial charge on any atom is 0.213 e. The molecule has 1 unspecified atom stereocenters. The molecule has 0 saturated carbocycles. The maximum absolute atomic E-state index is 11.1. The number of nitrogens with one attached hydrogen (secondary N) is 1. The molecule has 0 radical (unpaired) electrons. The zero-order valence-electron chi connectivity index (χ0n) is 10.2. The molecule has 102 valence electrons. The largest absolute Gasteiger partial charge is 0.369 e. The summed E-state index contributed by atoms with van der Waals surface area (Å²) in [4.78, 5) is 8.35. The van der Waals surface area contributed by atoms with Crippen LogP contribution < -0.4 is 10.5 Å². The molecule has 6 nitrogen and oxygen atoms in total. The number of rotatable bonds is 4. The Bertz CT molecular complexity index is 705. The average Bonchev–Trinajstić information content (AvgIpc) is 2.34. The summed E-state index contributed by atoms with van der Waals surface area (Å²) in [6, 6.07) is 5.30. The summed E-state index contributed by atoms with van der Waals surface area (Å²) in [5.41, 5.74) is 0.539. The van der Waals surface area contributed by atoms with Gasteiger partial charge in [-0.05, 0) is 25.1 Å². The molecular weight excluding hydrogens is 288 g/mol. The maximum atomic E-state index is 11.1. The molecule has 1 atom stereocenters. The molecule has 0 aliphatic heterocycles. The predicted octanol–water partition coefficient (Wildman–Crippen LogP) is 1.37. The van der Waals surface area contributed by atoms with Gasteiger partial charge in [-0.2, -0.15) is 0 Å². The van der Waals surface area contributed by atoms with Crippen LogP contribution in [0, 0.1) is 0 Å². The summed E-state index contributed by atoms with van der Waals surface area (Å²) in [7, 11) is -3.54. The van der Waals surface area contributed by atoms with Crippen LogP contribution in [0.2, 0.25) is 5.02 Å². The predicted molar refractivity (Wildman–Crippen MR) is 75.6 cm³/mol. The van der Waals surface area contributed by atoms with E-state index in [0.29, 0.717) is 16.5 Å². The van der Waals surface area contributed by atoms with E-state index < -0.39 is 15.3 Å². The van der Waals surface area contributed by atoms with Crippen LogP contribution in [0.25, 0.3) is 11.0 Å². The molecule has 2 heterocycles. The second-order valence-electron chi connectivity index (χ2n) is 4.18. The van der Waals surface area contributed by atoms with E-state index in [9.17, 15) is 8.42 Å². The highest BCUT2D eigenvalue weighted by molar-refractivity contribution is 7.89. The molecule has 0 saturated heterocycles. The van der Waals surface area contributed by atoms with Crippen LogP contribution in [0.3, 0.4) is 0 Å². The summed E-state index contributed by atoms with van der Waals surface area (Å²) in [6.07, 6.45) is 1.51. The van der Waals surface area contributed by atoms with Crippen molar-refractivity contribution in [2.45, 2.75) is 12.2 Å². The number of anilines is 1. The molecule has 0 amide bonds. The monoisotopic (exact) mass is 300 g/mol. The number of primary sulfonamides is 1. The highest BCUT2D eigenvalue weighted by Crippen LogP contribution is 2.17. The Hall–Kier alpha value is -1.44. The van der Waals surface area contributed by atoms with Crippen LogP contribution >= 0.6 is 11.6 Å². The van der Waals surface area contributed by atoms with Gasteiger partial charge >= 0.3 is 0 Å². The number of nitrogens with two attached hydrogens (primary N) is 1. The second kappa shape index (κ2) is 5.28. The van der Waals surface area contributed by atoms with Gasteiger partial charge < -0.3 is 5.32 Å². The van der Waals surface area contributed by atoms with Crippen LogP contribution in [-0.4, -0.2) is 30.2 Å². The van der Waals surface area contributed by atoms with Gasteiger partial charge in [0.1, 0.15) is 5.82 Å². The second-order valence-corrected chi connectivity index (χ2v) is 6.60. The average molecular weight is 301 g/mol.